The van der Waals surface area contributed by atoms with Gasteiger partial charge in [0.25, 0.3) is 0 Å². The van der Waals surface area contributed by atoms with E-state index in [-0.39, 0.29) is 17.9 Å². The normalized spacial score (nSPS) is 16.4. The Morgan fingerprint density at radius 3 is 2.57 bits per heavy atom. The van der Waals surface area contributed by atoms with E-state index in [1.807, 2.05) is 12.1 Å². The number of benzene rings is 2. The Hall–Kier alpha value is -3.70. The van der Waals surface area contributed by atoms with Gasteiger partial charge >= 0.3 is 0 Å². The molecule has 1 N–H and O–H groups in total. The first-order chi connectivity index (χ1) is 18.0. The molecule has 0 bridgehead atoms. The number of piperidine rings is 1. The molecule has 0 amide bonds. The molecule has 0 unspecified atom stereocenters. The number of rotatable bonds is 7. The molecule has 8 heteroatoms. The number of fused-ring (bicyclic) bond motifs is 1. The zero-order valence-electron chi connectivity index (χ0n) is 21.5. The fourth-order valence-electron chi connectivity index (χ4n) is 4.97. The predicted molar refractivity (Wildman–Crippen MR) is 142 cm³/mol. The van der Waals surface area contributed by atoms with Crippen molar-refractivity contribution in [1.29, 1.82) is 5.26 Å². The Morgan fingerprint density at radius 1 is 1.08 bits per heavy atom. The number of nitrogens with one attached hydrogen (secondary N) is 1. The number of anilines is 2. The molecule has 0 atom stereocenters. The van der Waals surface area contributed by atoms with Gasteiger partial charge in [-0.3, -0.25) is 4.90 Å². The third-order valence-electron chi connectivity index (χ3n) is 6.84. The summed E-state index contributed by atoms with van der Waals surface area (Å²) >= 11 is 0. The van der Waals surface area contributed by atoms with Gasteiger partial charge in [-0.2, -0.15) is 5.26 Å². The standard InChI is InChI=1S/C29H33FN6O/c1-20(2)32-28-29(34-25-12-13-35(19-26(25)33-28)18-21-6-4-3-5-7-21)36-14-10-23(11-15-36)37-27-9-8-22(17-31)16-24(27)30/h3-9,16,20,23H,10-15,18-19H2,1-2H3,(H,32,33). The Labute approximate surface area is 217 Å². The van der Waals surface area contributed by atoms with Crippen LogP contribution < -0.4 is 15.0 Å². The minimum atomic E-state index is -0.494. The molecular weight excluding hydrogens is 467 g/mol. The summed E-state index contributed by atoms with van der Waals surface area (Å²) in [6.07, 6.45) is 2.30. The molecule has 37 heavy (non-hydrogen) atoms. The van der Waals surface area contributed by atoms with Crippen molar-refractivity contribution in [3.63, 3.8) is 0 Å². The average Bonchev–Trinajstić information content (AvgIpc) is 2.90. The maximum atomic E-state index is 14.3. The molecule has 0 spiro atoms. The predicted octanol–water partition coefficient (Wildman–Crippen LogP) is 4.91. The van der Waals surface area contributed by atoms with E-state index in [1.54, 1.807) is 12.1 Å². The van der Waals surface area contributed by atoms with Gasteiger partial charge in [0.1, 0.15) is 6.10 Å². The molecular formula is C29H33FN6O. The van der Waals surface area contributed by atoms with E-state index < -0.39 is 5.82 Å². The summed E-state index contributed by atoms with van der Waals surface area (Å²) in [4.78, 5) is 14.9. The van der Waals surface area contributed by atoms with Crippen molar-refractivity contribution < 1.29 is 9.13 Å². The summed E-state index contributed by atoms with van der Waals surface area (Å²) in [6.45, 7) is 8.38. The van der Waals surface area contributed by atoms with Gasteiger partial charge in [-0.25, -0.2) is 14.4 Å². The van der Waals surface area contributed by atoms with Gasteiger partial charge < -0.3 is 15.0 Å². The van der Waals surface area contributed by atoms with Crippen LogP contribution in [0.3, 0.4) is 0 Å². The van der Waals surface area contributed by atoms with E-state index in [9.17, 15) is 4.39 Å². The van der Waals surface area contributed by atoms with Crippen LogP contribution in [0.15, 0.2) is 48.5 Å². The van der Waals surface area contributed by atoms with Crippen LogP contribution in [0.1, 0.15) is 49.2 Å². The van der Waals surface area contributed by atoms with Crippen LogP contribution in [0.2, 0.25) is 0 Å². The van der Waals surface area contributed by atoms with Crippen LogP contribution in [-0.4, -0.2) is 46.6 Å². The molecule has 1 fully saturated rings. The van der Waals surface area contributed by atoms with Gasteiger partial charge in [0.2, 0.25) is 0 Å². The summed E-state index contributed by atoms with van der Waals surface area (Å²) in [5, 5.41) is 12.5. The monoisotopic (exact) mass is 500 g/mol. The molecule has 2 aromatic carbocycles. The van der Waals surface area contributed by atoms with Gasteiger partial charge in [0, 0.05) is 58.0 Å². The summed E-state index contributed by atoms with van der Waals surface area (Å²) in [7, 11) is 0. The summed E-state index contributed by atoms with van der Waals surface area (Å²) < 4.78 is 20.2. The summed E-state index contributed by atoms with van der Waals surface area (Å²) in [5.74, 6) is 1.43. The molecule has 5 rings (SSSR count). The molecule has 3 aromatic rings. The maximum Gasteiger partial charge on any atom is 0.172 e. The Bertz CT molecular complexity index is 1270. The lowest BCUT2D eigenvalue weighted by molar-refractivity contribution is 0.163. The van der Waals surface area contributed by atoms with Crippen molar-refractivity contribution in [3.05, 3.63) is 76.9 Å². The molecule has 3 heterocycles. The third-order valence-corrected chi connectivity index (χ3v) is 6.84. The fourth-order valence-corrected chi connectivity index (χ4v) is 4.97. The van der Waals surface area contributed by atoms with Crippen molar-refractivity contribution in [3.8, 4) is 11.8 Å². The molecule has 0 saturated carbocycles. The number of hydrogen-bond donors (Lipinski definition) is 1. The SMILES string of the molecule is CC(C)Nc1nc2c(nc1N1CCC(Oc3ccc(C#N)cc3F)CC1)CCN(Cc1ccccc1)C2. The molecule has 0 radical (unpaired) electrons. The zero-order chi connectivity index (χ0) is 25.8. The second-order valence-electron chi connectivity index (χ2n) is 10.1. The first-order valence-corrected chi connectivity index (χ1v) is 13.0. The van der Waals surface area contributed by atoms with Crippen molar-refractivity contribution in [2.24, 2.45) is 0 Å². The fraction of sp³-hybridized carbons (Fsp3) is 0.414. The molecule has 2 aliphatic rings. The Balaban J connectivity index is 1.28. The topological polar surface area (TPSA) is 77.3 Å². The van der Waals surface area contributed by atoms with Gasteiger partial charge in [-0.05, 0) is 37.6 Å². The summed E-state index contributed by atoms with van der Waals surface area (Å²) in [5.41, 5.74) is 3.72. The van der Waals surface area contributed by atoms with Crippen LogP contribution in [0.5, 0.6) is 5.75 Å². The highest BCUT2D eigenvalue weighted by molar-refractivity contribution is 5.62. The van der Waals surface area contributed by atoms with E-state index in [4.69, 9.17) is 20.0 Å². The van der Waals surface area contributed by atoms with E-state index in [2.05, 4.69) is 53.2 Å². The van der Waals surface area contributed by atoms with Gasteiger partial charge in [-0.15, -0.1) is 0 Å². The van der Waals surface area contributed by atoms with E-state index >= 15 is 0 Å². The molecule has 1 aromatic heterocycles. The van der Waals surface area contributed by atoms with Crippen LogP contribution in [0.4, 0.5) is 16.0 Å². The molecule has 2 aliphatic heterocycles. The molecule has 0 aliphatic carbocycles. The first kappa shape index (κ1) is 25.0. The van der Waals surface area contributed by atoms with Gasteiger partial charge in [-0.1, -0.05) is 30.3 Å². The first-order valence-electron chi connectivity index (χ1n) is 13.0. The minimum Gasteiger partial charge on any atom is -0.487 e. The van der Waals surface area contributed by atoms with Gasteiger partial charge in [0.05, 0.1) is 23.0 Å². The van der Waals surface area contributed by atoms with Crippen LogP contribution in [0, 0.1) is 17.1 Å². The highest BCUT2D eigenvalue weighted by atomic mass is 19.1. The number of aromatic nitrogens is 2. The highest BCUT2D eigenvalue weighted by Crippen LogP contribution is 2.31. The van der Waals surface area contributed by atoms with Crippen molar-refractivity contribution in [2.45, 2.75) is 58.3 Å². The smallest absolute Gasteiger partial charge is 0.172 e. The van der Waals surface area contributed by atoms with Crippen LogP contribution in [0.25, 0.3) is 0 Å². The maximum absolute atomic E-state index is 14.3. The number of ether oxygens (including phenoxy) is 1. The third kappa shape index (κ3) is 6.00. The largest absolute Gasteiger partial charge is 0.487 e. The quantitative estimate of drug-likeness (QED) is 0.494. The second kappa shape index (κ2) is 11.1. The second-order valence-corrected chi connectivity index (χ2v) is 10.1. The van der Waals surface area contributed by atoms with Crippen molar-refractivity contribution in [1.82, 2.24) is 14.9 Å². The molecule has 192 valence electrons. The van der Waals surface area contributed by atoms with E-state index in [0.717, 1.165) is 75.0 Å². The average molecular weight is 501 g/mol. The Kier molecular flexibility index (Phi) is 7.52. The van der Waals surface area contributed by atoms with Crippen LogP contribution >= 0.6 is 0 Å². The van der Waals surface area contributed by atoms with Crippen molar-refractivity contribution >= 4 is 11.6 Å². The van der Waals surface area contributed by atoms with Crippen LogP contribution in [-0.2, 0) is 19.5 Å². The lowest BCUT2D eigenvalue weighted by Crippen LogP contribution is -2.40. The number of halogens is 1. The number of nitriles is 1. The number of nitrogens with zero attached hydrogens (tertiary/aromatic N) is 5. The minimum absolute atomic E-state index is 0.0858. The van der Waals surface area contributed by atoms with E-state index in [1.165, 1.54) is 11.6 Å². The van der Waals surface area contributed by atoms with Crippen molar-refractivity contribution in [2.75, 3.05) is 29.9 Å². The Morgan fingerprint density at radius 2 is 1.86 bits per heavy atom. The molecule has 1 saturated heterocycles. The highest BCUT2D eigenvalue weighted by Gasteiger charge is 2.28. The summed E-state index contributed by atoms with van der Waals surface area (Å²) in [6, 6.07) is 17.1. The zero-order valence-corrected chi connectivity index (χ0v) is 21.5. The molecule has 7 nitrogen and oxygen atoms in total. The lowest BCUT2D eigenvalue weighted by atomic mass is 10.1. The van der Waals surface area contributed by atoms with E-state index in [0.29, 0.717) is 5.56 Å². The number of hydrogen-bond acceptors (Lipinski definition) is 7. The lowest BCUT2D eigenvalue weighted by Gasteiger charge is -2.35. The van der Waals surface area contributed by atoms with Gasteiger partial charge in [0.15, 0.2) is 23.2 Å².